The van der Waals surface area contributed by atoms with Crippen molar-refractivity contribution in [2.24, 2.45) is 0 Å². The molecule has 0 spiro atoms. The summed E-state index contributed by atoms with van der Waals surface area (Å²) in [6.45, 7) is 1.33. The molecule has 0 aliphatic rings. The molecule has 0 rings (SSSR count). The quantitative estimate of drug-likeness (QED) is 0.600. The zero-order valence-electron chi connectivity index (χ0n) is 10.3. The summed E-state index contributed by atoms with van der Waals surface area (Å²) < 4.78 is 94.6. The van der Waals surface area contributed by atoms with Gasteiger partial charge in [0.05, 0.1) is 13.2 Å². The fourth-order valence-corrected chi connectivity index (χ4v) is 2.82. The van der Waals surface area contributed by atoms with Crippen molar-refractivity contribution < 1.29 is 44.7 Å². The van der Waals surface area contributed by atoms with E-state index >= 15 is 0 Å². The Morgan fingerprint density at radius 2 is 1.50 bits per heavy atom. The molecule has 0 heterocycles. The Kier molecular flexibility index (Phi) is 6.50. The number of carbonyl (C=O) groups excluding carboxylic acids is 1. The Morgan fingerprint density at radius 3 is 1.75 bits per heavy atom. The van der Waals surface area contributed by atoms with Gasteiger partial charge in [0.25, 0.3) is 0 Å². The van der Waals surface area contributed by atoms with Crippen LogP contribution in [0.5, 0.6) is 0 Å². The van der Waals surface area contributed by atoms with Gasteiger partial charge in [0, 0.05) is 0 Å². The van der Waals surface area contributed by atoms with Crippen LogP contribution in [0.4, 0.5) is 26.3 Å². The summed E-state index contributed by atoms with van der Waals surface area (Å²) in [5, 5.41) is 0.605. The third-order valence-electron chi connectivity index (χ3n) is 1.77. The molecule has 1 amide bonds. The minimum Gasteiger partial charge on any atom is -0.327 e. The largest absolute Gasteiger partial charge is 0.471 e. The van der Waals surface area contributed by atoms with Crippen LogP contribution >= 0.6 is 7.60 Å². The SMILES string of the molecule is CCOP(=O)(OCC)C(NC(=O)C(F)(F)F)C(F)(F)F. The van der Waals surface area contributed by atoms with Crippen molar-refractivity contribution in [1.29, 1.82) is 0 Å². The molecule has 1 N–H and O–H groups in total. The number of hydrogen-bond acceptors (Lipinski definition) is 4. The lowest BCUT2D eigenvalue weighted by Crippen LogP contribution is -2.50. The molecule has 0 fully saturated rings. The number of halogens is 6. The van der Waals surface area contributed by atoms with Crippen molar-refractivity contribution in [2.75, 3.05) is 13.2 Å². The van der Waals surface area contributed by atoms with Gasteiger partial charge in [0.2, 0.25) is 5.78 Å². The van der Waals surface area contributed by atoms with Crippen LogP contribution in [0.2, 0.25) is 0 Å². The molecular formula is C8H12F6NO4P. The zero-order valence-corrected chi connectivity index (χ0v) is 11.2. The van der Waals surface area contributed by atoms with Crippen molar-refractivity contribution in [3.63, 3.8) is 0 Å². The molecule has 1 unspecified atom stereocenters. The molecular weight excluding hydrogens is 319 g/mol. The van der Waals surface area contributed by atoms with E-state index in [2.05, 4.69) is 9.05 Å². The van der Waals surface area contributed by atoms with Gasteiger partial charge in [-0.2, -0.15) is 26.3 Å². The van der Waals surface area contributed by atoms with E-state index in [0.29, 0.717) is 5.32 Å². The topological polar surface area (TPSA) is 64.6 Å². The average Bonchev–Trinajstić information content (AvgIpc) is 2.22. The molecule has 0 bridgehead atoms. The Morgan fingerprint density at radius 1 is 1.10 bits per heavy atom. The number of nitrogens with one attached hydrogen (secondary N) is 1. The highest BCUT2D eigenvalue weighted by Crippen LogP contribution is 2.57. The van der Waals surface area contributed by atoms with Gasteiger partial charge in [-0.05, 0) is 13.8 Å². The summed E-state index contributed by atoms with van der Waals surface area (Å²) in [6, 6.07) is 0. The normalized spacial score (nSPS) is 15.0. The number of rotatable bonds is 6. The van der Waals surface area contributed by atoms with Crippen LogP contribution in [-0.2, 0) is 18.4 Å². The molecule has 0 aromatic rings. The van der Waals surface area contributed by atoms with Gasteiger partial charge in [-0.15, -0.1) is 0 Å². The number of carbonyl (C=O) groups is 1. The molecule has 12 heteroatoms. The number of amides is 1. The predicted molar refractivity (Wildman–Crippen MR) is 54.9 cm³/mol. The summed E-state index contributed by atoms with van der Waals surface area (Å²) in [4.78, 5) is 10.6. The minimum atomic E-state index is -5.56. The van der Waals surface area contributed by atoms with Crippen LogP contribution in [0, 0.1) is 0 Å². The highest BCUT2D eigenvalue weighted by atomic mass is 31.2. The van der Waals surface area contributed by atoms with Crippen molar-refractivity contribution in [2.45, 2.75) is 32.0 Å². The molecule has 0 radical (unpaired) electrons. The summed E-state index contributed by atoms with van der Waals surface area (Å²) >= 11 is 0. The molecule has 0 aliphatic heterocycles. The van der Waals surface area contributed by atoms with E-state index in [-0.39, 0.29) is 0 Å². The Labute approximate surface area is 110 Å². The highest BCUT2D eigenvalue weighted by molar-refractivity contribution is 7.54. The molecule has 20 heavy (non-hydrogen) atoms. The molecule has 1 atom stereocenters. The lowest BCUT2D eigenvalue weighted by molar-refractivity contribution is -0.182. The van der Waals surface area contributed by atoms with Crippen molar-refractivity contribution in [3.05, 3.63) is 0 Å². The average molecular weight is 331 g/mol. The van der Waals surface area contributed by atoms with Crippen LogP contribution in [0.3, 0.4) is 0 Å². The lowest BCUT2D eigenvalue weighted by Gasteiger charge is -2.28. The van der Waals surface area contributed by atoms with Gasteiger partial charge in [-0.1, -0.05) is 0 Å². The second-order valence-corrected chi connectivity index (χ2v) is 5.40. The summed E-state index contributed by atoms with van der Waals surface area (Å²) in [5.41, 5.74) is 0. The fourth-order valence-electron chi connectivity index (χ4n) is 1.09. The first-order chi connectivity index (χ1) is 8.88. The number of hydrogen-bond donors (Lipinski definition) is 1. The standard InChI is InChI=1S/C8H12F6NO4P/c1-3-18-20(17,19-4-2)6(8(12,13)14)15-5(16)7(9,10)11/h6H,3-4H2,1-2H3,(H,15,16). The van der Waals surface area contributed by atoms with E-state index in [0.717, 1.165) is 0 Å². The highest BCUT2D eigenvalue weighted by Gasteiger charge is 2.57. The van der Waals surface area contributed by atoms with Crippen molar-refractivity contribution in [1.82, 2.24) is 5.32 Å². The van der Waals surface area contributed by atoms with Gasteiger partial charge in [-0.25, -0.2) is 0 Å². The van der Waals surface area contributed by atoms with E-state index in [1.807, 2.05) is 0 Å². The molecule has 5 nitrogen and oxygen atoms in total. The first-order valence-electron chi connectivity index (χ1n) is 5.21. The molecule has 0 saturated carbocycles. The van der Waals surface area contributed by atoms with Crippen LogP contribution in [0.25, 0.3) is 0 Å². The maximum atomic E-state index is 12.7. The van der Waals surface area contributed by atoms with E-state index < -0.39 is 44.9 Å². The second kappa shape index (κ2) is 6.77. The van der Waals surface area contributed by atoms with E-state index in [4.69, 9.17) is 0 Å². The van der Waals surface area contributed by atoms with E-state index in [9.17, 15) is 35.7 Å². The zero-order chi connectivity index (χ0) is 16.2. The summed E-state index contributed by atoms with van der Waals surface area (Å²) in [5.74, 6) is -6.29. The molecule has 0 saturated heterocycles. The van der Waals surface area contributed by atoms with E-state index in [1.165, 1.54) is 13.8 Å². The van der Waals surface area contributed by atoms with Gasteiger partial charge < -0.3 is 14.4 Å². The second-order valence-electron chi connectivity index (χ2n) is 3.29. The molecule has 0 aromatic carbocycles. The third kappa shape index (κ3) is 5.29. The molecule has 0 aromatic heterocycles. The van der Waals surface area contributed by atoms with Gasteiger partial charge in [0.1, 0.15) is 0 Å². The van der Waals surface area contributed by atoms with Crippen LogP contribution < -0.4 is 5.32 Å². The van der Waals surface area contributed by atoms with Crippen molar-refractivity contribution >= 4 is 13.5 Å². The lowest BCUT2D eigenvalue weighted by atomic mass is 10.5. The van der Waals surface area contributed by atoms with Crippen LogP contribution in [0.1, 0.15) is 13.8 Å². The monoisotopic (exact) mass is 331 g/mol. The maximum Gasteiger partial charge on any atom is 0.471 e. The maximum absolute atomic E-state index is 12.7. The number of alkyl halides is 6. The predicted octanol–water partition coefficient (Wildman–Crippen LogP) is 2.82. The third-order valence-corrected chi connectivity index (χ3v) is 4.06. The Bertz CT molecular complexity index is 372. The first-order valence-corrected chi connectivity index (χ1v) is 6.82. The van der Waals surface area contributed by atoms with Crippen LogP contribution in [0.15, 0.2) is 0 Å². The van der Waals surface area contributed by atoms with Gasteiger partial charge >= 0.3 is 25.9 Å². The van der Waals surface area contributed by atoms with Gasteiger partial charge in [0.15, 0.2) is 0 Å². The summed E-state index contributed by atoms with van der Waals surface area (Å²) in [7, 11) is -5.03. The smallest absolute Gasteiger partial charge is 0.327 e. The van der Waals surface area contributed by atoms with E-state index in [1.54, 1.807) is 0 Å². The summed E-state index contributed by atoms with van der Waals surface area (Å²) in [6.07, 6.45) is -11.0. The Hall–Kier alpha value is -0.800. The first kappa shape index (κ1) is 19.2. The molecule has 0 aliphatic carbocycles. The van der Waals surface area contributed by atoms with Crippen LogP contribution in [-0.4, -0.2) is 37.3 Å². The van der Waals surface area contributed by atoms with Gasteiger partial charge in [-0.3, -0.25) is 9.36 Å². The Balaban J connectivity index is 5.45. The van der Waals surface area contributed by atoms with Crippen molar-refractivity contribution in [3.8, 4) is 0 Å². The fraction of sp³-hybridized carbons (Fsp3) is 0.875. The minimum absolute atomic E-state index is 0.508. The molecule has 120 valence electrons.